The molecule has 0 saturated carbocycles. The van der Waals surface area contributed by atoms with Crippen LogP contribution < -0.4 is 0 Å². The molecule has 1 unspecified atom stereocenters. The number of ether oxygens (including phenoxy) is 1. The van der Waals surface area contributed by atoms with Gasteiger partial charge in [-0.1, -0.05) is 71.1 Å². The Morgan fingerprint density at radius 1 is 0.722 bits per heavy atom. The highest BCUT2D eigenvalue weighted by Gasteiger charge is 2.01. The van der Waals surface area contributed by atoms with Crippen LogP contribution in [0.2, 0.25) is 0 Å². The van der Waals surface area contributed by atoms with Gasteiger partial charge in [0.25, 0.3) is 0 Å². The molecule has 0 bridgehead atoms. The summed E-state index contributed by atoms with van der Waals surface area (Å²) < 4.78 is 5.09. The van der Waals surface area contributed by atoms with E-state index in [4.69, 9.17) is 4.74 Å². The van der Waals surface area contributed by atoms with Gasteiger partial charge >= 0.3 is 0 Å². The third-order valence-corrected chi connectivity index (χ3v) is 3.41. The summed E-state index contributed by atoms with van der Waals surface area (Å²) in [5.74, 6) is 0. The Morgan fingerprint density at radius 3 is 1.61 bits per heavy atom. The quantitative estimate of drug-likeness (QED) is 0.349. The van der Waals surface area contributed by atoms with Crippen molar-refractivity contribution in [1.82, 2.24) is 0 Å². The zero-order valence-corrected chi connectivity index (χ0v) is 12.6. The van der Waals surface area contributed by atoms with Crippen LogP contribution >= 0.6 is 0 Å². The van der Waals surface area contributed by atoms with E-state index in [1.54, 1.807) is 0 Å². The second-order valence-corrected chi connectivity index (χ2v) is 5.23. The fourth-order valence-corrected chi connectivity index (χ4v) is 2.26. The third kappa shape index (κ3) is 14.0. The number of rotatable bonds is 14. The van der Waals surface area contributed by atoms with E-state index < -0.39 is 6.29 Å². The first-order valence-corrected chi connectivity index (χ1v) is 8.11. The Balaban J connectivity index is 2.98. The number of hydrogen-bond donors (Lipinski definition) is 1. The molecule has 0 rings (SSSR count). The predicted molar refractivity (Wildman–Crippen MR) is 78.7 cm³/mol. The molecule has 18 heavy (non-hydrogen) atoms. The van der Waals surface area contributed by atoms with E-state index in [1.165, 1.54) is 64.2 Å². The van der Waals surface area contributed by atoms with Crippen molar-refractivity contribution in [2.75, 3.05) is 6.61 Å². The van der Waals surface area contributed by atoms with Crippen molar-refractivity contribution in [3.05, 3.63) is 0 Å². The molecule has 0 amide bonds. The summed E-state index contributed by atoms with van der Waals surface area (Å²) in [4.78, 5) is 0. The van der Waals surface area contributed by atoms with Crippen LogP contribution in [0.1, 0.15) is 90.9 Å². The minimum absolute atomic E-state index is 0.534. The van der Waals surface area contributed by atoms with Gasteiger partial charge < -0.3 is 9.84 Å². The van der Waals surface area contributed by atoms with Gasteiger partial charge in [0.05, 0.1) is 0 Å². The topological polar surface area (TPSA) is 29.5 Å². The molecule has 0 aromatic carbocycles. The van der Waals surface area contributed by atoms with Gasteiger partial charge in [0.15, 0.2) is 6.29 Å². The summed E-state index contributed by atoms with van der Waals surface area (Å²) >= 11 is 0. The lowest BCUT2D eigenvalue weighted by atomic mass is 10.1. The van der Waals surface area contributed by atoms with E-state index in [0.29, 0.717) is 6.61 Å². The van der Waals surface area contributed by atoms with E-state index >= 15 is 0 Å². The Bertz CT molecular complexity index is 148. The molecule has 0 fully saturated rings. The minimum Gasteiger partial charge on any atom is -0.368 e. The highest BCUT2D eigenvalue weighted by molar-refractivity contribution is 4.49. The first kappa shape index (κ1) is 17.9. The Kier molecular flexibility index (Phi) is 14.9. The van der Waals surface area contributed by atoms with Crippen molar-refractivity contribution in [2.24, 2.45) is 0 Å². The molecule has 0 aromatic rings. The maximum atomic E-state index is 9.37. The first-order valence-electron chi connectivity index (χ1n) is 8.11. The molecule has 0 aliphatic carbocycles. The lowest BCUT2D eigenvalue weighted by molar-refractivity contribution is -0.0994. The fraction of sp³-hybridized carbons (Fsp3) is 1.00. The monoisotopic (exact) mass is 258 g/mol. The molecule has 0 radical (unpaired) electrons. The summed E-state index contributed by atoms with van der Waals surface area (Å²) in [5, 5.41) is 9.37. The summed E-state index contributed by atoms with van der Waals surface area (Å²) in [6.07, 6.45) is 15.1. The normalized spacial score (nSPS) is 12.8. The van der Waals surface area contributed by atoms with Crippen LogP contribution in [0.4, 0.5) is 0 Å². The van der Waals surface area contributed by atoms with Crippen molar-refractivity contribution < 1.29 is 9.84 Å². The highest BCUT2D eigenvalue weighted by Crippen LogP contribution is 2.12. The average Bonchev–Trinajstić information content (AvgIpc) is 2.36. The Morgan fingerprint density at radius 2 is 1.17 bits per heavy atom. The van der Waals surface area contributed by atoms with Gasteiger partial charge in [0, 0.05) is 6.61 Å². The molecular formula is C16H34O2. The standard InChI is InChI=1S/C16H34O2/c1-3-5-6-7-8-9-10-11-12-13-14-15-16(17)18-4-2/h16-17H,3-15H2,1-2H3. The summed E-state index contributed by atoms with van der Waals surface area (Å²) in [6.45, 7) is 4.80. The van der Waals surface area contributed by atoms with Crippen molar-refractivity contribution in [1.29, 1.82) is 0 Å². The van der Waals surface area contributed by atoms with Crippen molar-refractivity contribution >= 4 is 0 Å². The second-order valence-electron chi connectivity index (χ2n) is 5.23. The molecule has 0 aliphatic rings. The lowest BCUT2D eigenvalue weighted by Gasteiger charge is -2.09. The number of aliphatic hydroxyl groups is 1. The summed E-state index contributed by atoms with van der Waals surface area (Å²) in [5.41, 5.74) is 0. The molecule has 0 aromatic heterocycles. The molecule has 2 heteroatoms. The Hall–Kier alpha value is -0.0800. The third-order valence-electron chi connectivity index (χ3n) is 3.41. The second kappa shape index (κ2) is 15.0. The van der Waals surface area contributed by atoms with E-state index in [2.05, 4.69) is 6.92 Å². The van der Waals surface area contributed by atoms with E-state index in [-0.39, 0.29) is 0 Å². The number of hydrogen-bond acceptors (Lipinski definition) is 2. The van der Waals surface area contributed by atoms with Crippen molar-refractivity contribution in [3.8, 4) is 0 Å². The zero-order chi connectivity index (χ0) is 13.5. The molecule has 0 saturated heterocycles. The first-order chi connectivity index (χ1) is 8.81. The maximum Gasteiger partial charge on any atom is 0.154 e. The predicted octanol–water partition coefficient (Wildman–Crippen LogP) is 5.04. The van der Waals surface area contributed by atoms with Crippen LogP contribution in [0.3, 0.4) is 0 Å². The summed E-state index contributed by atoms with van der Waals surface area (Å²) in [7, 11) is 0. The molecule has 0 spiro atoms. The zero-order valence-electron chi connectivity index (χ0n) is 12.6. The van der Waals surface area contributed by atoms with Crippen molar-refractivity contribution in [2.45, 2.75) is 97.2 Å². The molecule has 0 heterocycles. The van der Waals surface area contributed by atoms with Crippen LogP contribution in [0.25, 0.3) is 0 Å². The number of unbranched alkanes of at least 4 members (excludes halogenated alkanes) is 10. The van der Waals surface area contributed by atoms with Gasteiger partial charge in [-0.2, -0.15) is 0 Å². The van der Waals surface area contributed by atoms with Crippen LogP contribution in [-0.4, -0.2) is 18.0 Å². The minimum atomic E-state index is -0.534. The summed E-state index contributed by atoms with van der Waals surface area (Å²) in [6, 6.07) is 0. The van der Waals surface area contributed by atoms with Crippen LogP contribution in [0.15, 0.2) is 0 Å². The van der Waals surface area contributed by atoms with Gasteiger partial charge in [-0.3, -0.25) is 0 Å². The van der Waals surface area contributed by atoms with E-state index in [1.807, 2.05) is 6.92 Å². The van der Waals surface area contributed by atoms with Gasteiger partial charge in [0.1, 0.15) is 0 Å². The van der Waals surface area contributed by atoms with Gasteiger partial charge in [0.2, 0.25) is 0 Å². The lowest BCUT2D eigenvalue weighted by Crippen LogP contribution is -2.10. The van der Waals surface area contributed by atoms with Gasteiger partial charge in [-0.25, -0.2) is 0 Å². The molecule has 1 N–H and O–H groups in total. The fourth-order valence-electron chi connectivity index (χ4n) is 2.26. The smallest absolute Gasteiger partial charge is 0.154 e. The largest absolute Gasteiger partial charge is 0.368 e. The molecule has 0 aliphatic heterocycles. The SMILES string of the molecule is CCCCCCCCCCCCCC(O)OCC. The average molecular weight is 258 g/mol. The molecule has 1 atom stereocenters. The van der Waals surface area contributed by atoms with Crippen LogP contribution in [-0.2, 0) is 4.74 Å². The maximum absolute atomic E-state index is 9.37. The molecule has 110 valence electrons. The highest BCUT2D eigenvalue weighted by atomic mass is 16.6. The van der Waals surface area contributed by atoms with E-state index in [0.717, 1.165) is 12.8 Å². The Labute approximate surface area is 114 Å². The number of aliphatic hydroxyl groups excluding tert-OH is 1. The van der Waals surface area contributed by atoms with Crippen LogP contribution in [0.5, 0.6) is 0 Å². The molecule has 2 nitrogen and oxygen atoms in total. The van der Waals surface area contributed by atoms with Gasteiger partial charge in [-0.05, 0) is 19.8 Å². The molecular weight excluding hydrogens is 224 g/mol. The van der Waals surface area contributed by atoms with Gasteiger partial charge in [-0.15, -0.1) is 0 Å². The van der Waals surface area contributed by atoms with E-state index in [9.17, 15) is 5.11 Å². The van der Waals surface area contributed by atoms with Crippen molar-refractivity contribution in [3.63, 3.8) is 0 Å². The van der Waals surface area contributed by atoms with Crippen LogP contribution in [0, 0.1) is 0 Å².